The summed E-state index contributed by atoms with van der Waals surface area (Å²) in [5.74, 6) is -3.22. The molecule has 1 aliphatic heterocycles. The third kappa shape index (κ3) is 3.49. The molecule has 0 radical (unpaired) electrons. The Morgan fingerprint density at radius 3 is 2.23 bits per heavy atom. The number of aliphatic hydroxyl groups is 2. The molecule has 6 unspecified atom stereocenters. The lowest BCUT2D eigenvalue weighted by atomic mass is 9.53. The Hall–Kier alpha value is -1.38. The molecule has 2 fully saturated rings. The maximum Gasteiger partial charge on any atom is 0.202 e. The Kier molecular flexibility index (Phi) is 5.95. The fourth-order valence-electron chi connectivity index (χ4n) is 6.42. The highest BCUT2D eigenvalue weighted by Gasteiger charge is 2.72. The van der Waals surface area contributed by atoms with E-state index in [4.69, 9.17) is 27.9 Å². The summed E-state index contributed by atoms with van der Waals surface area (Å²) in [6.07, 6.45) is 0.413. The molecule has 7 nitrogen and oxygen atoms in total. The number of ether oxygens (including phenoxy) is 1. The number of rotatable bonds is 2. The van der Waals surface area contributed by atoms with Crippen molar-refractivity contribution in [3.8, 4) is 11.5 Å². The minimum atomic E-state index is -2.41. The maximum atomic E-state index is 14.3. The van der Waals surface area contributed by atoms with Crippen molar-refractivity contribution in [1.82, 2.24) is 0 Å². The SMILES string of the molecule is Cc1c(O)cc2c(c1O)C(=O)C1(O)CC(Cl)C(C)(C)OC1(CC1C(C)(O)CCC(Cl)C1(C)C)C2=O. The molecule has 1 aromatic carbocycles. The molecule has 0 aromatic heterocycles. The van der Waals surface area contributed by atoms with E-state index in [9.17, 15) is 30.0 Å². The van der Waals surface area contributed by atoms with Crippen LogP contribution in [0.5, 0.6) is 11.5 Å². The van der Waals surface area contributed by atoms with E-state index < -0.39 is 56.4 Å². The zero-order chi connectivity index (χ0) is 26.5. The van der Waals surface area contributed by atoms with E-state index in [2.05, 4.69) is 0 Å². The lowest BCUT2D eigenvalue weighted by Crippen LogP contribution is -2.76. The van der Waals surface area contributed by atoms with Crippen LogP contribution in [0.4, 0.5) is 0 Å². The van der Waals surface area contributed by atoms with Gasteiger partial charge in [-0.05, 0) is 64.4 Å². The predicted octanol–water partition coefficient (Wildman–Crippen LogP) is 4.25. The molecule has 1 saturated heterocycles. The molecule has 1 saturated carbocycles. The second kappa shape index (κ2) is 7.81. The van der Waals surface area contributed by atoms with Crippen LogP contribution in [0.15, 0.2) is 6.07 Å². The van der Waals surface area contributed by atoms with Crippen LogP contribution >= 0.6 is 23.2 Å². The first-order valence-corrected chi connectivity index (χ1v) is 12.8. The number of carbonyl (C=O) groups is 2. The third-order valence-corrected chi connectivity index (χ3v) is 10.4. The van der Waals surface area contributed by atoms with Crippen molar-refractivity contribution in [3.63, 3.8) is 0 Å². The monoisotopic (exact) mass is 528 g/mol. The molecule has 1 aromatic rings. The van der Waals surface area contributed by atoms with E-state index in [1.54, 1.807) is 20.8 Å². The van der Waals surface area contributed by atoms with E-state index >= 15 is 0 Å². The summed E-state index contributed by atoms with van der Waals surface area (Å²) in [5, 5.41) is 43.5. The van der Waals surface area contributed by atoms with Gasteiger partial charge in [-0.3, -0.25) is 9.59 Å². The highest BCUT2D eigenvalue weighted by molar-refractivity contribution is 6.26. The number of carbonyl (C=O) groups excluding carboxylic acids is 2. The number of aromatic hydroxyl groups is 2. The number of fused-ring (bicyclic) bond motifs is 2. The van der Waals surface area contributed by atoms with Crippen LogP contribution < -0.4 is 0 Å². The highest BCUT2D eigenvalue weighted by Crippen LogP contribution is 2.59. The quantitative estimate of drug-likeness (QED) is 0.423. The molecule has 0 spiro atoms. The molecule has 9 heteroatoms. The van der Waals surface area contributed by atoms with E-state index in [0.29, 0.717) is 12.8 Å². The first-order chi connectivity index (χ1) is 15.8. The van der Waals surface area contributed by atoms with Gasteiger partial charge in [-0.15, -0.1) is 23.2 Å². The second-order valence-corrected chi connectivity index (χ2v) is 13.0. The minimum absolute atomic E-state index is 0.0156. The van der Waals surface area contributed by atoms with Crippen molar-refractivity contribution in [2.75, 3.05) is 0 Å². The van der Waals surface area contributed by atoms with Gasteiger partial charge in [0.25, 0.3) is 0 Å². The van der Waals surface area contributed by atoms with Crippen molar-refractivity contribution in [2.45, 2.75) is 100 Å². The number of phenolic OH excluding ortho intramolecular Hbond substituents is 2. The maximum absolute atomic E-state index is 14.3. The number of benzene rings is 1. The Morgan fingerprint density at radius 2 is 1.63 bits per heavy atom. The number of ketones is 2. The van der Waals surface area contributed by atoms with Gasteiger partial charge >= 0.3 is 0 Å². The van der Waals surface area contributed by atoms with Crippen molar-refractivity contribution in [2.24, 2.45) is 11.3 Å². The topological polar surface area (TPSA) is 124 Å². The van der Waals surface area contributed by atoms with Crippen molar-refractivity contribution in [3.05, 3.63) is 22.8 Å². The standard InChI is InChI=1S/C26H34Cl2O7/c1-12-14(29)9-13-18(19(12)30)21(32)25(34)11-17(28)23(4,5)35-26(25,20(13)31)10-15-22(2,3)16(27)7-8-24(15,6)33/h9,15-17,29-30,33-34H,7-8,10-11H2,1-6H3. The van der Waals surface area contributed by atoms with Gasteiger partial charge in [-0.2, -0.15) is 0 Å². The highest BCUT2D eigenvalue weighted by atomic mass is 35.5. The summed E-state index contributed by atoms with van der Waals surface area (Å²) in [5.41, 5.74) is -8.20. The zero-order valence-corrected chi connectivity index (χ0v) is 22.4. The minimum Gasteiger partial charge on any atom is -0.508 e. The molecule has 1 heterocycles. The van der Waals surface area contributed by atoms with Crippen LogP contribution in [0.2, 0.25) is 0 Å². The molecule has 194 valence electrons. The molecular weight excluding hydrogens is 495 g/mol. The summed E-state index contributed by atoms with van der Waals surface area (Å²) >= 11 is 13.3. The first-order valence-electron chi connectivity index (χ1n) is 11.9. The molecule has 6 atom stereocenters. The first kappa shape index (κ1) is 26.7. The van der Waals surface area contributed by atoms with Gasteiger partial charge in [0.15, 0.2) is 17.0 Å². The van der Waals surface area contributed by atoms with Crippen LogP contribution in [-0.2, 0) is 4.74 Å². The summed E-state index contributed by atoms with van der Waals surface area (Å²) in [6.45, 7) is 10.2. The molecule has 0 amide bonds. The summed E-state index contributed by atoms with van der Waals surface area (Å²) in [6, 6.07) is 1.13. The van der Waals surface area contributed by atoms with E-state index in [0.717, 1.165) is 6.07 Å². The number of halogens is 2. The Morgan fingerprint density at radius 1 is 1.03 bits per heavy atom. The third-order valence-electron chi connectivity index (χ3n) is 8.93. The fourth-order valence-corrected chi connectivity index (χ4v) is 6.95. The summed E-state index contributed by atoms with van der Waals surface area (Å²) < 4.78 is 6.39. The van der Waals surface area contributed by atoms with Gasteiger partial charge in [-0.25, -0.2) is 0 Å². The lowest BCUT2D eigenvalue weighted by Gasteiger charge is -2.60. The summed E-state index contributed by atoms with van der Waals surface area (Å²) in [4.78, 5) is 28.2. The molecule has 3 aliphatic rings. The number of hydrogen-bond donors (Lipinski definition) is 4. The van der Waals surface area contributed by atoms with Crippen LogP contribution in [-0.4, -0.2) is 65.2 Å². The van der Waals surface area contributed by atoms with E-state index in [1.165, 1.54) is 6.92 Å². The number of hydrogen-bond acceptors (Lipinski definition) is 7. The molecule has 2 aliphatic carbocycles. The van der Waals surface area contributed by atoms with Gasteiger partial charge in [0.05, 0.1) is 22.1 Å². The van der Waals surface area contributed by atoms with Crippen LogP contribution in [0.1, 0.15) is 86.6 Å². The molecular formula is C26H34Cl2O7. The molecule has 35 heavy (non-hydrogen) atoms. The van der Waals surface area contributed by atoms with Gasteiger partial charge in [0.2, 0.25) is 5.78 Å². The summed E-state index contributed by atoms with van der Waals surface area (Å²) in [7, 11) is 0. The number of phenols is 2. The van der Waals surface area contributed by atoms with Crippen LogP contribution in [0.3, 0.4) is 0 Å². The van der Waals surface area contributed by atoms with Crippen molar-refractivity contribution < 1.29 is 34.8 Å². The van der Waals surface area contributed by atoms with Gasteiger partial charge in [0.1, 0.15) is 11.5 Å². The average molecular weight is 529 g/mol. The van der Waals surface area contributed by atoms with Crippen molar-refractivity contribution in [1.29, 1.82) is 0 Å². The van der Waals surface area contributed by atoms with Crippen LogP contribution in [0.25, 0.3) is 0 Å². The number of Topliss-reactive ketones (excluding diaryl/α,β-unsaturated/α-hetero) is 2. The average Bonchev–Trinajstić information content (AvgIpc) is 2.74. The van der Waals surface area contributed by atoms with Gasteiger partial charge in [-0.1, -0.05) is 13.8 Å². The lowest BCUT2D eigenvalue weighted by molar-refractivity contribution is -0.243. The molecule has 0 bridgehead atoms. The van der Waals surface area contributed by atoms with Gasteiger partial charge in [0, 0.05) is 22.9 Å². The Balaban J connectivity index is 2.01. The molecule has 4 N–H and O–H groups in total. The Bertz CT molecular complexity index is 1110. The zero-order valence-electron chi connectivity index (χ0n) is 20.9. The molecule has 4 rings (SSSR count). The fraction of sp³-hybridized carbons (Fsp3) is 0.692. The van der Waals surface area contributed by atoms with Crippen LogP contribution in [0, 0.1) is 18.3 Å². The normalized spacial score (nSPS) is 40.2. The van der Waals surface area contributed by atoms with E-state index in [-0.39, 0.29) is 40.7 Å². The number of alkyl halides is 2. The smallest absolute Gasteiger partial charge is 0.202 e. The largest absolute Gasteiger partial charge is 0.508 e. The second-order valence-electron chi connectivity index (χ2n) is 12.0. The Labute approximate surface area is 215 Å². The van der Waals surface area contributed by atoms with Gasteiger partial charge < -0.3 is 25.2 Å². The van der Waals surface area contributed by atoms with Crippen molar-refractivity contribution >= 4 is 34.8 Å². The van der Waals surface area contributed by atoms with E-state index in [1.807, 2.05) is 13.8 Å². The predicted molar refractivity (Wildman–Crippen MR) is 132 cm³/mol.